The first-order chi connectivity index (χ1) is 13.4. The predicted molar refractivity (Wildman–Crippen MR) is 100 cm³/mol. The summed E-state index contributed by atoms with van der Waals surface area (Å²) in [6.45, 7) is 9.30. The molecule has 1 saturated carbocycles. The van der Waals surface area contributed by atoms with Crippen molar-refractivity contribution in [3.05, 3.63) is 0 Å². The van der Waals surface area contributed by atoms with Crippen molar-refractivity contribution in [2.75, 3.05) is 6.54 Å². The third-order valence-corrected chi connectivity index (χ3v) is 4.60. The average molecular weight is 434 g/mol. The van der Waals surface area contributed by atoms with Gasteiger partial charge in [0.1, 0.15) is 17.7 Å². The monoisotopic (exact) mass is 434 g/mol. The van der Waals surface area contributed by atoms with E-state index in [9.17, 15) is 23.2 Å². The molecule has 1 fully saturated rings. The van der Waals surface area contributed by atoms with Crippen LogP contribution in [-0.2, 0) is 19.0 Å². The number of rotatable bonds is 2. The lowest BCUT2D eigenvalue weighted by Gasteiger charge is -2.42. The highest BCUT2D eigenvalue weighted by molar-refractivity contribution is 6.06. The van der Waals surface area contributed by atoms with Gasteiger partial charge >= 0.3 is 30.1 Å². The van der Waals surface area contributed by atoms with Crippen molar-refractivity contribution in [3.63, 3.8) is 0 Å². The van der Waals surface area contributed by atoms with Gasteiger partial charge < -0.3 is 19.3 Å². The number of imide groups is 1. The molecule has 0 bridgehead atoms. The number of carbonyl (C=O) groups is 3. The molecule has 3 atom stereocenters. The van der Waals surface area contributed by atoms with Crippen LogP contribution in [0.5, 0.6) is 0 Å². The summed E-state index contributed by atoms with van der Waals surface area (Å²) in [5.41, 5.74) is -4.30. The highest BCUT2D eigenvalue weighted by atomic mass is 19.3. The number of amidine groups is 1. The van der Waals surface area contributed by atoms with Crippen molar-refractivity contribution in [1.82, 2.24) is 4.90 Å². The Morgan fingerprint density at radius 3 is 1.93 bits per heavy atom. The molecule has 2 unspecified atom stereocenters. The number of alkyl halides is 2. The lowest BCUT2D eigenvalue weighted by Crippen LogP contribution is -2.60. The van der Waals surface area contributed by atoms with Gasteiger partial charge in [-0.05, 0) is 54.9 Å². The second kappa shape index (κ2) is 7.35. The molecular formula is C19H28F2N2O7. The van der Waals surface area contributed by atoms with E-state index in [-0.39, 0.29) is 6.42 Å². The van der Waals surface area contributed by atoms with Gasteiger partial charge in [0, 0.05) is 5.92 Å². The third-order valence-electron chi connectivity index (χ3n) is 4.60. The minimum Gasteiger partial charge on any atom is -0.481 e. The van der Waals surface area contributed by atoms with Crippen LogP contribution in [0.2, 0.25) is 0 Å². The normalized spacial score (nSPS) is 28.0. The molecule has 1 heterocycles. The van der Waals surface area contributed by atoms with E-state index in [1.165, 1.54) is 0 Å². The fourth-order valence-corrected chi connectivity index (χ4v) is 3.01. The van der Waals surface area contributed by atoms with Crippen LogP contribution in [0.1, 0.15) is 54.9 Å². The predicted octanol–water partition coefficient (Wildman–Crippen LogP) is 3.66. The summed E-state index contributed by atoms with van der Waals surface area (Å²) in [4.78, 5) is 40.5. The van der Waals surface area contributed by atoms with Gasteiger partial charge in [0.25, 0.3) is 0 Å². The molecule has 0 saturated heterocycles. The van der Waals surface area contributed by atoms with E-state index in [1.54, 1.807) is 41.5 Å². The van der Waals surface area contributed by atoms with Gasteiger partial charge in [0.2, 0.25) is 0 Å². The van der Waals surface area contributed by atoms with Crippen LogP contribution in [0, 0.1) is 11.8 Å². The van der Waals surface area contributed by atoms with Crippen LogP contribution in [0.4, 0.5) is 18.4 Å². The maximum absolute atomic E-state index is 14.7. The van der Waals surface area contributed by atoms with Gasteiger partial charge in [0.15, 0.2) is 5.60 Å². The summed E-state index contributed by atoms with van der Waals surface area (Å²) in [6.07, 6.45) is -2.45. The van der Waals surface area contributed by atoms with Gasteiger partial charge in [0.05, 0.1) is 5.92 Å². The molecule has 0 spiro atoms. The number of carbonyl (C=O) groups excluding carboxylic acids is 2. The Balaban J connectivity index is 2.40. The van der Waals surface area contributed by atoms with Crippen LogP contribution >= 0.6 is 0 Å². The van der Waals surface area contributed by atoms with Crippen molar-refractivity contribution >= 4 is 24.2 Å². The first-order valence-electron chi connectivity index (χ1n) is 9.48. The molecule has 0 aromatic rings. The van der Waals surface area contributed by atoms with Crippen molar-refractivity contribution < 1.29 is 42.5 Å². The zero-order valence-corrected chi connectivity index (χ0v) is 18.1. The fourth-order valence-electron chi connectivity index (χ4n) is 3.01. The largest absolute Gasteiger partial charge is 0.481 e. The Kier molecular flexibility index (Phi) is 5.83. The molecule has 0 aromatic heterocycles. The number of hydrogen-bond donors (Lipinski definition) is 1. The molecule has 1 aliphatic carbocycles. The summed E-state index contributed by atoms with van der Waals surface area (Å²) in [6, 6.07) is -0.719. The number of carboxylic acids is 1. The number of carboxylic acid groups (broad SMARTS) is 1. The third kappa shape index (κ3) is 4.99. The van der Waals surface area contributed by atoms with Crippen LogP contribution < -0.4 is 0 Å². The van der Waals surface area contributed by atoms with E-state index in [1.807, 2.05) is 0 Å². The van der Waals surface area contributed by atoms with Gasteiger partial charge in [-0.25, -0.2) is 23.4 Å². The molecule has 1 N–H and O–H groups in total. The maximum Gasteiger partial charge on any atom is 0.428 e. The Labute approximate surface area is 173 Å². The molecule has 170 valence electrons. The Hall–Kier alpha value is -2.46. The molecule has 11 heteroatoms. The standard InChI is InChI=1S/C19H28F2N2O7/c1-16(2,3)29-14(26)23(15(27)30-17(4,5)6)13-22-9-19(20,21)18(7,28-13)11-8-10(11)12(24)25/h10-11H,8-9H2,1-7H3,(H,24,25)/t10?,11?,18-/m1/s1. The zero-order chi connectivity index (χ0) is 23.3. The quantitative estimate of drug-likeness (QED) is 0.705. The van der Waals surface area contributed by atoms with Crippen molar-refractivity contribution in [2.24, 2.45) is 16.8 Å². The fraction of sp³-hybridized carbons (Fsp3) is 0.789. The van der Waals surface area contributed by atoms with Crippen molar-refractivity contribution in [2.45, 2.75) is 77.6 Å². The second-order valence-corrected chi connectivity index (χ2v) is 9.60. The molecule has 2 rings (SSSR count). The molecule has 0 radical (unpaired) electrons. The van der Waals surface area contributed by atoms with E-state index < -0.39 is 65.3 Å². The second-order valence-electron chi connectivity index (χ2n) is 9.60. The number of ether oxygens (including phenoxy) is 3. The van der Waals surface area contributed by atoms with Crippen LogP contribution in [-0.4, -0.2) is 63.5 Å². The zero-order valence-electron chi connectivity index (χ0n) is 18.1. The number of halogens is 2. The first-order valence-corrected chi connectivity index (χ1v) is 9.48. The summed E-state index contributed by atoms with van der Waals surface area (Å²) in [7, 11) is 0. The number of hydrogen-bond acceptors (Lipinski definition) is 7. The summed E-state index contributed by atoms with van der Waals surface area (Å²) in [5, 5.41) is 9.16. The van der Waals surface area contributed by atoms with E-state index >= 15 is 0 Å². The average Bonchev–Trinajstić information content (AvgIpc) is 3.28. The lowest BCUT2D eigenvalue weighted by molar-refractivity contribution is -0.184. The van der Waals surface area contributed by atoms with Crippen LogP contribution in [0.3, 0.4) is 0 Å². The summed E-state index contributed by atoms with van der Waals surface area (Å²) in [5.74, 6) is -6.77. The molecule has 0 aromatic carbocycles. The highest BCUT2D eigenvalue weighted by Crippen LogP contribution is 2.55. The molecule has 2 amide bonds. The van der Waals surface area contributed by atoms with Gasteiger partial charge in [-0.15, -0.1) is 4.90 Å². The van der Waals surface area contributed by atoms with Gasteiger partial charge in [-0.3, -0.25) is 4.79 Å². The minimum atomic E-state index is -3.51. The Morgan fingerprint density at radius 2 is 1.57 bits per heavy atom. The number of amides is 2. The maximum atomic E-state index is 14.7. The van der Waals surface area contributed by atoms with Crippen molar-refractivity contribution in [1.29, 1.82) is 0 Å². The minimum absolute atomic E-state index is 0.0203. The van der Waals surface area contributed by atoms with Crippen LogP contribution in [0.25, 0.3) is 0 Å². The Bertz CT molecular complexity index is 742. The summed E-state index contributed by atoms with van der Waals surface area (Å²) < 4.78 is 45.1. The topological polar surface area (TPSA) is 115 Å². The van der Waals surface area contributed by atoms with E-state index in [4.69, 9.17) is 19.3 Å². The van der Waals surface area contributed by atoms with Crippen molar-refractivity contribution in [3.8, 4) is 0 Å². The number of aliphatic carboxylic acids is 1. The lowest BCUT2D eigenvalue weighted by atomic mass is 9.89. The first kappa shape index (κ1) is 23.8. The molecule has 9 nitrogen and oxygen atoms in total. The van der Waals surface area contributed by atoms with Crippen LogP contribution in [0.15, 0.2) is 4.99 Å². The molecule has 2 aliphatic rings. The molecule has 30 heavy (non-hydrogen) atoms. The smallest absolute Gasteiger partial charge is 0.428 e. The van der Waals surface area contributed by atoms with E-state index in [2.05, 4.69) is 4.99 Å². The Morgan fingerprint density at radius 1 is 1.10 bits per heavy atom. The molecule has 1 aliphatic heterocycles. The highest BCUT2D eigenvalue weighted by Gasteiger charge is 2.68. The van der Waals surface area contributed by atoms with E-state index in [0.29, 0.717) is 4.90 Å². The number of aliphatic imine (C=N–C) groups is 1. The van der Waals surface area contributed by atoms with Gasteiger partial charge in [-0.1, -0.05) is 0 Å². The van der Waals surface area contributed by atoms with E-state index in [0.717, 1.165) is 6.92 Å². The SMILES string of the molecule is CC(C)(C)OC(=O)N(C(=O)OC(C)(C)C)C1=NCC(F)(F)[C@@](C)(C2CC2C(=O)O)O1. The number of nitrogens with zero attached hydrogens (tertiary/aromatic N) is 2. The summed E-state index contributed by atoms with van der Waals surface area (Å²) >= 11 is 0. The van der Waals surface area contributed by atoms with Gasteiger partial charge in [-0.2, -0.15) is 0 Å². The molecular weight excluding hydrogens is 406 g/mol.